The Bertz CT molecular complexity index is 576. The second-order valence-corrected chi connectivity index (χ2v) is 7.93. The summed E-state index contributed by atoms with van der Waals surface area (Å²) in [5, 5.41) is 2.84. The summed E-state index contributed by atoms with van der Waals surface area (Å²) in [6.07, 6.45) is 0. The summed E-state index contributed by atoms with van der Waals surface area (Å²) in [6.45, 7) is 4.95. The van der Waals surface area contributed by atoms with Gasteiger partial charge in [0, 0.05) is 11.3 Å². The number of hydrogen-bond donors (Lipinski definition) is 2. The second kappa shape index (κ2) is 5.03. The van der Waals surface area contributed by atoms with E-state index in [0.29, 0.717) is 0 Å². The number of fused-ring (bicyclic) bond motifs is 1. The van der Waals surface area contributed by atoms with E-state index in [4.69, 9.17) is 5.73 Å². The molecule has 0 saturated carbocycles. The van der Waals surface area contributed by atoms with Crippen molar-refractivity contribution in [2.45, 2.75) is 36.1 Å². The van der Waals surface area contributed by atoms with Crippen molar-refractivity contribution in [2.75, 3.05) is 6.54 Å². The first kappa shape index (κ1) is 14.4. The Balaban J connectivity index is 1.65. The Hall–Kier alpha value is -1.53. The summed E-state index contributed by atoms with van der Waals surface area (Å²) < 4.78 is 0.0430. The van der Waals surface area contributed by atoms with E-state index >= 15 is 0 Å². The highest BCUT2D eigenvalue weighted by Crippen LogP contribution is 2.46. The molecular weight excluding hydrogens is 286 g/mol. The summed E-state index contributed by atoms with van der Waals surface area (Å²) in [5.74, 6) is -0.309. The topological polar surface area (TPSA) is 75.4 Å². The molecule has 0 aromatic heterocycles. The highest BCUT2D eigenvalue weighted by Gasteiger charge is 2.56. The lowest BCUT2D eigenvalue weighted by Crippen LogP contribution is -2.67. The second-order valence-electron chi connectivity index (χ2n) is 6.11. The maximum absolute atomic E-state index is 12.2. The molecule has 3 atom stereocenters. The molecule has 0 radical (unpaired) electrons. The van der Waals surface area contributed by atoms with Crippen LogP contribution in [0.25, 0.3) is 0 Å². The molecule has 5 nitrogen and oxygen atoms in total. The van der Waals surface area contributed by atoms with Crippen molar-refractivity contribution in [3.05, 3.63) is 35.9 Å². The summed E-state index contributed by atoms with van der Waals surface area (Å²) in [4.78, 5) is 26.1. The molecule has 0 aliphatic carbocycles. The summed E-state index contributed by atoms with van der Waals surface area (Å²) in [6, 6.07) is 7.99. The van der Waals surface area contributed by atoms with Crippen molar-refractivity contribution in [1.29, 1.82) is 0 Å². The Morgan fingerprint density at radius 1 is 1.43 bits per heavy atom. The molecular formula is C15H19N3O2S. The molecule has 1 aromatic carbocycles. The van der Waals surface area contributed by atoms with Crippen molar-refractivity contribution >= 4 is 23.6 Å². The van der Waals surface area contributed by atoms with Gasteiger partial charge in [-0.25, -0.2) is 0 Å². The van der Waals surface area contributed by atoms with Gasteiger partial charge in [0.05, 0.1) is 0 Å². The first-order valence-electron chi connectivity index (χ1n) is 6.98. The van der Waals surface area contributed by atoms with Crippen molar-refractivity contribution in [2.24, 2.45) is 5.73 Å². The van der Waals surface area contributed by atoms with Gasteiger partial charge in [-0.05, 0) is 19.4 Å². The normalized spacial score (nSPS) is 27.8. The number of thioether (sulfide) groups is 1. The standard InChI is InChI=1S/C15H19N3O2S/c1-15(2)8-18-13(20)11(14(18)21-15)17-12(19)10(16)9-6-4-3-5-7-9/h3-7,10-11,14H,8,16H2,1-2H3,(H,17,19)/t10?,11-,14?/m1/s1. The van der Waals surface area contributed by atoms with Gasteiger partial charge in [0.15, 0.2) is 0 Å². The maximum atomic E-state index is 12.2. The number of hydrogen-bond acceptors (Lipinski definition) is 4. The average Bonchev–Trinajstić information content (AvgIpc) is 2.77. The minimum absolute atomic E-state index is 0.00770. The summed E-state index contributed by atoms with van der Waals surface area (Å²) in [7, 11) is 0. The molecule has 0 bridgehead atoms. The van der Waals surface area contributed by atoms with Gasteiger partial charge < -0.3 is 16.0 Å². The number of nitrogens with two attached hydrogens (primary N) is 1. The van der Waals surface area contributed by atoms with Crippen molar-refractivity contribution in [1.82, 2.24) is 10.2 Å². The molecule has 2 aliphatic rings. The Labute approximate surface area is 128 Å². The number of rotatable bonds is 3. The molecule has 1 aromatic rings. The number of benzene rings is 1. The van der Waals surface area contributed by atoms with Crippen molar-refractivity contribution in [3.63, 3.8) is 0 Å². The third-order valence-corrected chi connectivity index (χ3v) is 5.41. The van der Waals surface area contributed by atoms with E-state index in [1.54, 1.807) is 11.8 Å². The lowest BCUT2D eigenvalue weighted by Gasteiger charge is -2.41. The fourth-order valence-electron chi connectivity index (χ4n) is 2.79. The van der Waals surface area contributed by atoms with Crippen LogP contribution in [-0.4, -0.2) is 39.4 Å². The molecule has 3 rings (SSSR count). The first-order valence-corrected chi connectivity index (χ1v) is 7.86. The number of nitrogens with zero attached hydrogens (tertiary/aromatic N) is 1. The molecule has 2 unspecified atom stereocenters. The summed E-state index contributed by atoms with van der Waals surface area (Å²) in [5.41, 5.74) is 6.71. The number of carbonyl (C=O) groups is 2. The van der Waals surface area contributed by atoms with E-state index in [0.717, 1.165) is 12.1 Å². The van der Waals surface area contributed by atoms with Gasteiger partial charge in [-0.1, -0.05) is 30.3 Å². The Morgan fingerprint density at radius 3 is 2.76 bits per heavy atom. The highest BCUT2D eigenvalue weighted by molar-refractivity contribution is 8.01. The van der Waals surface area contributed by atoms with Gasteiger partial charge in [0.2, 0.25) is 11.8 Å². The molecule has 2 amide bonds. The predicted octanol–water partition coefficient (Wildman–Crippen LogP) is 0.865. The van der Waals surface area contributed by atoms with Crippen LogP contribution in [0, 0.1) is 0 Å². The minimum atomic E-state index is -0.743. The minimum Gasteiger partial charge on any atom is -0.340 e. The Morgan fingerprint density at radius 2 is 2.10 bits per heavy atom. The Kier molecular flexibility index (Phi) is 3.45. The lowest BCUT2D eigenvalue weighted by molar-refractivity contribution is -0.148. The van der Waals surface area contributed by atoms with Gasteiger partial charge in [0.1, 0.15) is 17.5 Å². The molecule has 2 heterocycles. The van der Waals surface area contributed by atoms with Crippen LogP contribution in [0.4, 0.5) is 0 Å². The first-order chi connectivity index (χ1) is 9.89. The predicted molar refractivity (Wildman–Crippen MR) is 82.5 cm³/mol. The van der Waals surface area contributed by atoms with Crippen LogP contribution in [-0.2, 0) is 9.59 Å². The molecule has 112 valence electrons. The van der Waals surface area contributed by atoms with Gasteiger partial charge in [0.25, 0.3) is 0 Å². The van der Waals surface area contributed by atoms with Crippen LogP contribution in [0.2, 0.25) is 0 Å². The van der Waals surface area contributed by atoms with Crippen LogP contribution in [0.3, 0.4) is 0 Å². The van der Waals surface area contributed by atoms with Crippen LogP contribution in [0.1, 0.15) is 25.5 Å². The monoisotopic (exact) mass is 305 g/mol. The van der Waals surface area contributed by atoms with E-state index < -0.39 is 12.1 Å². The van der Waals surface area contributed by atoms with Crippen molar-refractivity contribution in [3.8, 4) is 0 Å². The van der Waals surface area contributed by atoms with E-state index in [9.17, 15) is 9.59 Å². The number of amides is 2. The van der Waals surface area contributed by atoms with E-state index in [-0.39, 0.29) is 21.9 Å². The van der Waals surface area contributed by atoms with Crippen molar-refractivity contribution < 1.29 is 9.59 Å². The third kappa shape index (κ3) is 2.53. The van der Waals surface area contributed by atoms with Crippen LogP contribution in [0.15, 0.2) is 30.3 Å². The number of nitrogens with one attached hydrogen (secondary N) is 1. The van der Waals surface area contributed by atoms with E-state index in [1.165, 1.54) is 0 Å². The SMILES string of the molecule is CC1(C)CN2C(=O)[C@@H](NC(=O)C(N)c3ccccc3)C2S1. The average molecular weight is 305 g/mol. The van der Waals surface area contributed by atoms with Gasteiger partial charge in [-0.15, -0.1) is 11.8 Å². The molecule has 2 aliphatic heterocycles. The van der Waals surface area contributed by atoms with E-state index in [1.807, 2.05) is 35.2 Å². The molecule has 21 heavy (non-hydrogen) atoms. The molecule has 0 spiro atoms. The smallest absolute Gasteiger partial charge is 0.249 e. The zero-order valence-electron chi connectivity index (χ0n) is 12.1. The number of carbonyl (C=O) groups excluding carboxylic acids is 2. The zero-order chi connectivity index (χ0) is 15.2. The molecule has 3 N–H and O–H groups in total. The van der Waals surface area contributed by atoms with E-state index in [2.05, 4.69) is 19.2 Å². The highest BCUT2D eigenvalue weighted by atomic mass is 32.2. The largest absolute Gasteiger partial charge is 0.340 e. The van der Waals surface area contributed by atoms with Gasteiger partial charge in [-0.2, -0.15) is 0 Å². The molecule has 6 heteroatoms. The van der Waals surface area contributed by atoms with Gasteiger partial charge in [-0.3, -0.25) is 9.59 Å². The molecule has 2 fully saturated rings. The number of β-lactam (4-membered cyclic amide) rings is 1. The third-order valence-electron chi connectivity index (χ3n) is 3.87. The van der Waals surface area contributed by atoms with Crippen LogP contribution < -0.4 is 11.1 Å². The fraction of sp³-hybridized carbons (Fsp3) is 0.467. The quantitative estimate of drug-likeness (QED) is 0.812. The fourth-order valence-corrected chi connectivity index (χ4v) is 4.28. The zero-order valence-corrected chi connectivity index (χ0v) is 12.9. The lowest BCUT2D eigenvalue weighted by atomic mass is 10.0. The van der Waals surface area contributed by atoms with Gasteiger partial charge >= 0.3 is 0 Å². The molecule has 2 saturated heterocycles. The van der Waals surface area contributed by atoms with Crippen LogP contribution >= 0.6 is 11.8 Å². The maximum Gasteiger partial charge on any atom is 0.249 e. The van der Waals surface area contributed by atoms with Crippen LogP contribution in [0.5, 0.6) is 0 Å². The summed E-state index contributed by atoms with van der Waals surface area (Å²) >= 11 is 1.73.